The number of aliphatic carboxylic acids is 1. The third kappa shape index (κ3) is 3.24. The van der Waals surface area contributed by atoms with Crippen LogP contribution in [0.2, 0.25) is 0 Å². The van der Waals surface area contributed by atoms with Gasteiger partial charge in [0.1, 0.15) is 17.0 Å². The van der Waals surface area contributed by atoms with Gasteiger partial charge in [-0.05, 0) is 6.07 Å². The average Bonchev–Trinajstić information content (AvgIpc) is 2.39. The second kappa shape index (κ2) is 6.03. The van der Waals surface area contributed by atoms with Crippen LogP contribution in [-0.2, 0) is 14.6 Å². The molecular formula is C12H17NO5S. The summed E-state index contributed by atoms with van der Waals surface area (Å²) in [5.74, 6) is -1.26. The second-order valence-electron chi connectivity index (χ2n) is 3.98. The normalized spacial score (nSPS) is 14.7. The zero-order chi connectivity index (χ0) is 14.6. The van der Waals surface area contributed by atoms with Crippen molar-refractivity contribution in [3.63, 3.8) is 0 Å². The first-order valence-corrected chi connectivity index (χ1v) is 7.39. The number of ether oxygens (including phenoxy) is 1. The highest BCUT2D eigenvalue weighted by molar-refractivity contribution is 7.91. The number of benzene rings is 1. The Bertz CT molecular complexity index is 555. The number of carboxylic acid groups (broad SMARTS) is 1. The number of nitrogens with two attached hydrogens (primary N) is 1. The van der Waals surface area contributed by atoms with E-state index in [0.29, 0.717) is 5.75 Å². The molecule has 0 amide bonds. The Morgan fingerprint density at radius 2 is 2.00 bits per heavy atom. The number of hydrogen-bond donors (Lipinski definition) is 2. The molecule has 0 aliphatic rings. The molecule has 0 spiro atoms. The summed E-state index contributed by atoms with van der Waals surface area (Å²) in [6, 6.07) is 4.83. The van der Waals surface area contributed by atoms with Crippen molar-refractivity contribution in [2.24, 2.45) is 5.73 Å². The van der Waals surface area contributed by atoms with Gasteiger partial charge in [0.05, 0.1) is 7.11 Å². The smallest absolute Gasteiger partial charge is 0.322 e. The molecule has 0 heterocycles. The van der Waals surface area contributed by atoms with E-state index in [4.69, 9.17) is 15.6 Å². The lowest BCUT2D eigenvalue weighted by atomic mass is 10.0. The highest BCUT2D eigenvalue weighted by Crippen LogP contribution is 2.33. The van der Waals surface area contributed by atoms with Gasteiger partial charge in [-0.3, -0.25) is 4.79 Å². The zero-order valence-corrected chi connectivity index (χ0v) is 11.6. The molecule has 19 heavy (non-hydrogen) atoms. The van der Waals surface area contributed by atoms with Gasteiger partial charge < -0.3 is 15.6 Å². The number of para-hydroxylation sites is 1. The van der Waals surface area contributed by atoms with Gasteiger partial charge in [-0.25, -0.2) is 8.42 Å². The topological polar surface area (TPSA) is 107 Å². The van der Waals surface area contributed by atoms with E-state index in [1.165, 1.54) is 20.1 Å². The molecule has 0 saturated carbocycles. The predicted octanol–water partition coefficient (Wildman–Crippen LogP) is 0.583. The van der Waals surface area contributed by atoms with Crippen molar-refractivity contribution < 1.29 is 23.1 Å². The molecule has 7 heteroatoms. The average molecular weight is 287 g/mol. The van der Waals surface area contributed by atoms with Crippen molar-refractivity contribution in [2.45, 2.75) is 18.2 Å². The number of hydrogen-bond acceptors (Lipinski definition) is 5. The standard InChI is InChI=1S/C12H17NO5S/c1-3-19(16,17)11(10(13)12(14)15)8-6-4-5-7-9(8)18-2/h4-7,10-11H,3,13H2,1-2H3,(H,14,15)/t10-,11?/m1/s1. The monoisotopic (exact) mass is 287 g/mol. The van der Waals surface area contributed by atoms with Gasteiger partial charge in [0.15, 0.2) is 9.84 Å². The van der Waals surface area contributed by atoms with Crippen molar-refractivity contribution >= 4 is 15.8 Å². The van der Waals surface area contributed by atoms with Crippen LogP contribution in [0.3, 0.4) is 0 Å². The Labute approximate surface area is 112 Å². The molecule has 0 saturated heterocycles. The third-order valence-electron chi connectivity index (χ3n) is 2.85. The van der Waals surface area contributed by atoms with E-state index < -0.39 is 27.1 Å². The summed E-state index contributed by atoms with van der Waals surface area (Å²) in [5.41, 5.74) is 5.81. The number of sulfone groups is 1. The van der Waals surface area contributed by atoms with Gasteiger partial charge >= 0.3 is 5.97 Å². The Balaban J connectivity index is 3.44. The molecule has 0 fully saturated rings. The van der Waals surface area contributed by atoms with E-state index in [0.717, 1.165) is 0 Å². The van der Waals surface area contributed by atoms with Gasteiger partial charge in [0.25, 0.3) is 0 Å². The van der Waals surface area contributed by atoms with Gasteiger partial charge in [-0.2, -0.15) is 0 Å². The fraction of sp³-hybridized carbons (Fsp3) is 0.417. The molecule has 0 aliphatic heterocycles. The molecule has 106 valence electrons. The first-order chi connectivity index (χ1) is 8.85. The third-order valence-corrected chi connectivity index (χ3v) is 4.97. The van der Waals surface area contributed by atoms with Crippen LogP contribution >= 0.6 is 0 Å². The van der Waals surface area contributed by atoms with E-state index in [1.807, 2.05) is 0 Å². The SMILES string of the molecule is CCS(=O)(=O)C(c1ccccc1OC)[C@@H](N)C(=O)O. The van der Waals surface area contributed by atoms with E-state index in [1.54, 1.807) is 18.2 Å². The van der Waals surface area contributed by atoms with Crippen LogP contribution in [0.4, 0.5) is 0 Å². The summed E-state index contributed by atoms with van der Waals surface area (Å²) in [6.45, 7) is 1.45. The summed E-state index contributed by atoms with van der Waals surface area (Å²) >= 11 is 0. The predicted molar refractivity (Wildman–Crippen MR) is 70.8 cm³/mol. The maximum absolute atomic E-state index is 12.1. The molecule has 1 rings (SSSR count). The second-order valence-corrected chi connectivity index (χ2v) is 6.39. The number of rotatable bonds is 6. The molecule has 1 aromatic carbocycles. The number of carboxylic acids is 1. The number of carbonyl (C=O) groups is 1. The fourth-order valence-electron chi connectivity index (χ4n) is 1.82. The fourth-order valence-corrected chi connectivity index (χ4v) is 3.32. The lowest BCUT2D eigenvalue weighted by Gasteiger charge is -2.22. The van der Waals surface area contributed by atoms with Gasteiger partial charge in [0.2, 0.25) is 0 Å². The van der Waals surface area contributed by atoms with E-state index in [-0.39, 0.29) is 11.3 Å². The first kappa shape index (κ1) is 15.5. The molecule has 3 N–H and O–H groups in total. The van der Waals surface area contributed by atoms with Crippen LogP contribution in [0, 0.1) is 0 Å². The summed E-state index contributed by atoms with van der Waals surface area (Å²) < 4.78 is 29.3. The quantitative estimate of drug-likeness (QED) is 0.792. The molecule has 6 nitrogen and oxygen atoms in total. The van der Waals surface area contributed by atoms with Gasteiger partial charge in [0, 0.05) is 11.3 Å². The summed E-state index contributed by atoms with van der Waals surface area (Å²) in [4.78, 5) is 11.0. The van der Waals surface area contributed by atoms with E-state index >= 15 is 0 Å². The maximum Gasteiger partial charge on any atom is 0.322 e. The van der Waals surface area contributed by atoms with Crippen molar-refractivity contribution in [3.05, 3.63) is 29.8 Å². The van der Waals surface area contributed by atoms with Crippen molar-refractivity contribution in [1.82, 2.24) is 0 Å². The van der Waals surface area contributed by atoms with Gasteiger partial charge in [-0.1, -0.05) is 25.1 Å². The minimum absolute atomic E-state index is 0.198. The summed E-state index contributed by atoms with van der Waals surface area (Å²) in [5, 5.41) is 7.68. The van der Waals surface area contributed by atoms with E-state index in [9.17, 15) is 13.2 Å². The maximum atomic E-state index is 12.1. The number of methoxy groups -OCH3 is 1. The molecule has 1 unspecified atom stereocenters. The first-order valence-electron chi connectivity index (χ1n) is 5.68. The van der Waals surface area contributed by atoms with Crippen LogP contribution in [0.1, 0.15) is 17.7 Å². The largest absolute Gasteiger partial charge is 0.496 e. The molecule has 0 bridgehead atoms. The summed E-state index contributed by atoms with van der Waals surface area (Å²) in [6.07, 6.45) is 0. The Kier molecular flexibility index (Phi) is 4.90. The lowest BCUT2D eigenvalue weighted by molar-refractivity contribution is -0.138. The minimum atomic E-state index is -3.68. The highest BCUT2D eigenvalue weighted by Gasteiger charge is 2.37. The Hall–Kier alpha value is -1.60. The minimum Gasteiger partial charge on any atom is -0.496 e. The molecule has 0 radical (unpaired) electrons. The van der Waals surface area contributed by atoms with Crippen molar-refractivity contribution in [1.29, 1.82) is 0 Å². The lowest BCUT2D eigenvalue weighted by Crippen LogP contribution is -2.41. The molecule has 1 aromatic rings. The molecule has 0 aromatic heterocycles. The van der Waals surface area contributed by atoms with E-state index in [2.05, 4.69) is 0 Å². The zero-order valence-electron chi connectivity index (χ0n) is 10.7. The Morgan fingerprint density at radius 1 is 1.42 bits per heavy atom. The van der Waals surface area contributed by atoms with Crippen molar-refractivity contribution in [2.75, 3.05) is 12.9 Å². The Morgan fingerprint density at radius 3 is 2.47 bits per heavy atom. The van der Waals surface area contributed by atoms with Crippen molar-refractivity contribution in [3.8, 4) is 5.75 Å². The summed E-state index contributed by atoms with van der Waals surface area (Å²) in [7, 11) is -2.29. The highest BCUT2D eigenvalue weighted by atomic mass is 32.2. The van der Waals surface area contributed by atoms with Crippen LogP contribution in [0.25, 0.3) is 0 Å². The van der Waals surface area contributed by atoms with Gasteiger partial charge in [-0.15, -0.1) is 0 Å². The molecule has 2 atom stereocenters. The van der Waals surface area contributed by atoms with Crippen LogP contribution < -0.4 is 10.5 Å². The van der Waals surface area contributed by atoms with Crippen LogP contribution in [0.5, 0.6) is 5.75 Å². The van der Waals surface area contributed by atoms with Crippen LogP contribution in [0.15, 0.2) is 24.3 Å². The molecular weight excluding hydrogens is 270 g/mol. The van der Waals surface area contributed by atoms with Crippen LogP contribution in [-0.4, -0.2) is 38.4 Å². The molecule has 0 aliphatic carbocycles.